The number of hydrogen-bond donors (Lipinski definition) is 1. The molecule has 0 saturated heterocycles. The van der Waals surface area contributed by atoms with Gasteiger partial charge < -0.3 is 5.11 Å². The van der Waals surface area contributed by atoms with Gasteiger partial charge in [0.05, 0.1) is 6.04 Å². The number of rotatable bonds is 7. The maximum Gasteiger partial charge on any atom is 0.272 e. The molecule has 1 atom stereocenters. The highest BCUT2D eigenvalue weighted by Crippen LogP contribution is 2.32. The maximum atomic E-state index is 13.4. The van der Waals surface area contributed by atoms with Gasteiger partial charge in [-0.15, -0.1) is 0 Å². The van der Waals surface area contributed by atoms with E-state index in [1.807, 2.05) is 61.5 Å². The summed E-state index contributed by atoms with van der Waals surface area (Å²) in [5, 5.41) is 10.5. The molecule has 3 rings (SSSR count). The number of aromatic nitrogens is 2. The van der Waals surface area contributed by atoms with Crippen LogP contribution in [0.4, 0.5) is 0 Å². The van der Waals surface area contributed by atoms with Crippen LogP contribution in [0.2, 0.25) is 0 Å². The van der Waals surface area contributed by atoms with Crippen molar-refractivity contribution in [2.75, 3.05) is 0 Å². The van der Waals surface area contributed by atoms with Gasteiger partial charge in [0.2, 0.25) is 5.88 Å². The molecule has 1 aromatic heterocycles. The van der Waals surface area contributed by atoms with E-state index in [9.17, 15) is 9.90 Å². The van der Waals surface area contributed by atoms with Gasteiger partial charge in [-0.3, -0.25) is 9.36 Å². The highest BCUT2D eigenvalue weighted by Gasteiger charge is 2.21. The minimum absolute atomic E-state index is 0.169. The molecular weight excluding hydrogens is 436 g/mol. The van der Waals surface area contributed by atoms with Gasteiger partial charge in [0, 0.05) is 15.8 Å². The van der Waals surface area contributed by atoms with Crippen molar-refractivity contribution in [3.05, 3.63) is 80.8 Å². The molecule has 0 amide bonds. The van der Waals surface area contributed by atoms with E-state index in [-0.39, 0.29) is 22.4 Å². The Kier molecular flexibility index (Phi) is 6.97. The predicted molar refractivity (Wildman–Crippen MR) is 117 cm³/mol. The van der Waals surface area contributed by atoms with Crippen molar-refractivity contribution in [3.8, 4) is 5.88 Å². The van der Waals surface area contributed by atoms with Crippen LogP contribution in [-0.4, -0.2) is 14.7 Å². The summed E-state index contributed by atoms with van der Waals surface area (Å²) < 4.78 is 2.69. The first kappa shape index (κ1) is 20.7. The summed E-state index contributed by atoms with van der Waals surface area (Å²) >= 11 is 4.66. The summed E-state index contributed by atoms with van der Waals surface area (Å²) in [6.45, 7) is 4.10. The molecule has 0 radical (unpaired) electrons. The summed E-state index contributed by atoms with van der Waals surface area (Å²) in [5.41, 5.74) is 0.831. The molecule has 1 N–H and O–H groups in total. The second kappa shape index (κ2) is 9.43. The Morgan fingerprint density at radius 3 is 2.46 bits per heavy atom. The van der Waals surface area contributed by atoms with Crippen LogP contribution >= 0.6 is 27.7 Å². The number of aryl methyl sites for hydroxylation is 1. The van der Waals surface area contributed by atoms with Crippen LogP contribution < -0.4 is 5.56 Å². The average molecular weight is 459 g/mol. The SMILES string of the molecule is CCCCc1nc(O)c(Sc2ccc(Br)cc2)c(=O)n1[C@@H](C)c1ccccc1. The molecule has 146 valence electrons. The van der Waals surface area contributed by atoms with Crippen LogP contribution in [0.15, 0.2) is 73.7 Å². The number of unbranched alkanes of at least 4 members (excludes halogenated alkanes) is 1. The molecule has 0 aliphatic carbocycles. The lowest BCUT2D eigenvalue weighted by Crippen LogP contribution is -2.29. The van der Waals surface area contributed by atoms with Crippen LogP contribution in [0.25, 0.3) is 0 Å². The first-order chi connectivity index (χ1) is 13.5. The fraction of sp³-hybridized carbons (Fsp3) is 0.273. The minimum Gasteiger partial charge on any atom is -0.492 e. The number of aromatic hydroxyl groups is 1. The number of halogens is 1. The molecule has 0 fully saturated rings. The Labute approximate surface area is 177 Å². The standard InChI is InChI=1S/C22H23BrN2O2S/c1-3-4-10-19-24-21(26)20(28-18-13-11-17(23)12-14-18)22(27)25(19)15(2)16-8-6-5-7-9-16/h5-9,11-15,26H,3-4,10H2,1-2H3/t15-/m0/s1. The molecule has 28 heavy (non-hydrogen) atoms. The summed E-state index contributed by atoms with van der Waals surface area (Å²) in [6, 6.07) is 17.4. The lowest BCUT2D eigenvalue weighted by atomic mass is 10.1. The van der Waals surface area contributed by atoms with Crippen molar-refractivity contribution in [3.63, 3.8) is 0 Å². The largest absolute Gasteiger partial charge is 0.492 e. The Morgan fingerprint density at radius 2 is 1.82 bits per heavy atom. The lowest BCUT2D eigenvalue weighted by molar-refractivity contribution is 0.416. The number of nitrogens with zero attached hydrogens (tertiary/aromatic N) is 2. The fourth-order valence-corrected chi connectivity index (χ4v) is 4.15. The van der Waals surface area contributed by atoms with Gasteiger partial charge in [-0.25, -0.2) is 0 Å². The molecule has 6 heteroatoms. The van der Waals surface area contributed by atoms with Crippen molar-refractivity contribution >= 4 is 27.7 Å². The van der Waals surface area contributed by atoms with Gasteiger partial charge >= 0.3 is 0 Å². The Balaban J connectivity index is 2.09. The van der Waals surface area contributed by atoms with Crippen LogP contribution in [-0.2, 0) is 6.42 Å². The van der Waals surface area contributed by atoms with E-state index in [0.717, 1.165) is 27.8 Å². The zero-order valence-corrected chi connectivity index (χ0v) is 18.3. The Bertz CT molecular complexity index is 988. The predicted octanol–water partition coefficient (Wildman–Crippen LogP) is 5.81. The first-order valence-electron chi connectivity index (χ1n) is 9.34. The molecule has 0 aliphatic rings. The third-order valence-electron chi connectivity index (χ3n) is 4.59. The van der Waals surface area contributed by atoms with E-state index < -0.39 is 0 Å². The minimum atomic E-state index is -0.206. The second-order valence-electron chi connectivity index (χ2n) is 6.60. The van der Waals surface area contributed by atoms with E-state index in [4.69, 9.17) is 0 Å². The number of benzene rings is 2. The van der Waals surface area contributed by atoms with E-state index in [2.05, 4.69) is 27.8 Å². The quantitative estimate of drug-likeness (QED) is 0.484. The molecule has 0 bridgehead atoms. The Hall–Kier alpha value is -2.05. The Morgan fingerprint density at radius 1 is 1.14 bits per heavy atom. The molecule has 1 heterocycles. The summed E-state index contributed by atoms with van der Waals surface area (Å²) in [7, 11) is 0. The number of hydrogen-bond acceptors (Lipinski definition) is 4. The molecule has 4 nitrogen and oxygen atoms in total. The molecule has 0 aliphatic heterocycles. The zero-order chi connectivity index (χ0) is 20.1. The highest BCUT2D eigenvalue weighted by atomic mass is 79.9. The summed E-state index contributed by atoms with van der Waals surface area (Å²) in [4.78, 5) is 18.9. The summed E-state index contributed by atoms with van der Waals surface area (Å²) in [6.07, 6.45) is 2.55. The first-order valence-corrected chi connectivity index (χ1v) is 10.9. The molecule has 3 aromatic rings. The van der Waals surface area contributed by atoms with E-state index >= 15 is 0 Å². The lowest BCUT2D eigenvalue weighted by Gasteiger charge is -2.21. The van der Waals surface area contributed by atoms with Gasteiger partial charge in [0.15, 0.2) is 0 Å². The summed E-state index contributed by atoms with van der Waals surface area (Å²) in [5.74, 6) is 0.432. The van der Waals surface area contributed by atoms with Crippen molar-refractivity contribution in [2.45, 2.75) is 48.9 Å². The molecular formula is C22H23BrN2O2S. The third kappa shape index (κ3) is 4.67. The van der Waals surface area contributed by atoms with Crippen LogP contribution in [0, 0.1) is 0 Å². The third-order valence-corrected chi connectivity index (χ3v) is 6.18. The van der Waals surface area contributed by atoms with Gasteiger partial charge in [0.25, 0.3) is 5.56 Å². The van der Waals surface area contributed by atoms with E-state index in [1.54, 1.807) is 4.57 Å². The van der Waals surface area contributed by atoms with Gasteiger partial charge in [-0.1, -0.05) is 71.4 Å². The maximum absolute atomic E-state index is 13.4. The van der Waals surface area contributed by atoms with Crippen molar-refractivity contribution in [1.82, 2.24) is 9.55 Å². The van der Waals surface area contributed by atoms with Crippen LogP contribution in [0.1, 0.15) is 44.1 Å². The van der Waals surface area contributed by atoms with Gasteiger partial charge in [-0.2, -0.15) is 4.98 Å². The molecule has 2 aromatic carbocycles. The molecule has 0 unspecified atom stereocenters. The topological polar surface area (TPSA) is 55.1 Å². The monoisotopic (exact) mass is 458 g/mol. The fourth-order valence-electron chi connectivity index (χ4n) is 3.05. The average Bonchev–Trinajstić information content (AvgIpc) is 2.71. The normalized spacial score (nSPS) is 12.1. The zero-order valence-electron chi connectivity index (χ0n) is 15.9. The highest BCUT2D eigenvalue weighted by molar-refractivity contribution is 9.10. The van der Waals surface area contributed by atoms with Crippen LogP contribution in [0.5, 0.6) is 5.88 Å². The van der Waals surface area contributed by atoms with E-state index in [1.165, 1.54) is 11.8 Å². The second-order valence-corrected chi connectivity index (χ2v) is 8.60. The van der Waals surface area contributed by atoms with Gasteiger partial charge in [0.1, 0.15) is 10.7 Å². The molecule has 0 saturated carbocycles. The van der Waals surface area contributed by atoms with Crippen molar-refractivity contribution < 1.29 is 5.11 Å². The molecule has 0 spiro atoms. The van der Waals surface area contributed by atoms with Crippen molar-refractivity contribution in [1.29, 1.82) is 0 Å². The van der Waals surface area contributed by atoms with Gasteiger partial charge in [-0.05, 0) is 43.2 Å². The van der Waals surface area contributed by atoms with Crippen molar-refractivity contribution in [2.24, 2.45) is 0 Å². The van der Waals surface area contributed by atoms with Crippen LogP contribution in [0.3, 0.4) is 0 Å². The van der Waals surface area contributed by atoms with E-state index in [0.29, 0.717) is 12.2 Å². The smallest absolute Gasteiger partial charge is 0.272 e.